The first kappa shape index (κ1) is 9.26. The summed E-state index contributed by atoms with van der Waals surface area (Å²) in [7, 11) is 0. The van der Waals surface area contributed by atoms with Crippen LogP contribution in [0, 0.1) is 5.92 Å². The normalized spacial score (nSPS) is 19.5. The quantitative estimate of drug-likeness (QED) is 0.719. The van der Waals surface area contributed by atoms with E-state index in [2.05, 4.69) is 47.1 Å². The zero-order valence-corrected chi connectivity index (χ0v) is 9.55. The lowest BCUT2D eigenvalue weighted by Gasteiger charge is -2.31. The molecule has 1 unspecified atom stereocenters. The molecule has 0 aliphatic heterocycles. The van der Waals surface area contributed by atoms with Crippen molar-refractivity contribution in [3.05, 3.63) is 34.3 Å². The zero-order chi connectivity index (χ0) is 9.26. The molecule has 0 bridgehead atoms. The van der Waals surface area contributed by atoms with Crippen molar-refractivity contribution in [2.45, 2.75) is 32.1 Å². The van der Waals surface area contributed by atoms with Crippen LogP contribution in [0.3, 0.4) is 0 Å². The van der Waals surface area contributed by atoms with Crippen molar-refractivity contribution in [1.29, 1.82) is 0 Å². The van der Waals surface area contributed by atoms with E-state index in [4.69, 9.17) is 0 Å². The molecule has 1 saturated carbocycles. The SMILES string of the molecule is CC(c1cccc(Br)c1)C1CCC1. The minimum absolute atomic E-state index is 0.742. The van der Waals surface area contributed by atoms with Crippen LogP contribution in [-0.4, -0.2) is 0 Å². The minimum Gasteiger partial charge on any atom is -0.0609 e. The topological polar surface area (TPSA) is 0 Å². The smallest absolute Gasteiger partial charge is 0.0178 e. The summed E-state index contributed by atoms with van der Waals surface area (Å²) in [4.78, 5) is 0. The maximum Gasteiger partial charge on any atom is 0.0178 e. The van der Waals surface area contributed by atoms with Gasteiger partial charge in [-0.25, -0.2) is 0 Å². The van der Waals surface area contributed by atoms with Gasteiger partial charge < -0.3 is 0 Å². The van der Waals surface area contributed by atoms with Gasteiger partial charge in [-0.05, 0) is 42.4 Å². The van der Waals surface area contributed by atoms with Gasteiger partial charge in [-0.15, -0.1) is 0 Å². The molecule has 0 heterocycles. The molecule has 1 aromatic rings. The lowest BCUT2D eigenvalue weighted by Crippen LogP contribution is -2.17. The average molecular weight is 239 g/mol. The third-order valence-electron chi connectivity index (χ3n) is 3.23. The largest absolute Gasteiger partial charge is 0.0609 e. The first-order valence-electron chi connectivity index (χ1n) is 5.03. The van der Waals surface area contributed by atoms with Crippen molar-refractivity contribution in [3.63, 3.8) is 0 Å². The van der Waals surface area contributed by atoms with Crippen LogP contribution < -0.4 is 0 Å². The maximum atomic E-state index is 3.52. The Bertz CT molecular complexity index is 289. The molecule has 0 N–H and O–H groups in total. The summed E-state index contributed by atoms with van der Waals surface area (Å²) in [6.45, 7) is 2.35. The monoisotopic (exact) mass is 238 g/mol. The van der Waals surface area contributed by atoms with Gasteiger partial charge in [-0.1, -0.05) is 41.4 Å². The Labute approximate surface area is 88.5 Å². The van der Waals surface area contributed by atoms with E-state index in [0.29, 0.717) is 0 Å². The Kier molecular flexibility index (Phi) is 2.73. The lowest BCUT2D eigenvalue weighted by molar-refractivity contribution is 0.272. The number of benzene rings is 1. The van der Waals surface area contributed by atoms with E-state index in [0.717, 1.165) is 11.8 Å². The first-order valence-corrected chi connectivity index (χ1v) is 5.82. The first-order chi connectivity index (χ1) is 6.27. The summed E-state index contributed by atoms with van der Waals surface area (Å²) in [5.41, 5.74) is 1.49. The molecular weight excluding hydrogens is 224 g/mol. The van der Waals surface area contributed by atoms with E-state index in [1.54, 1.807) is 0 Å². The maximum absolute atomic E-state index is 3.52. The molecule has 1 heteroatoms. The highest BCUT2D eigenvalue weighted by molar-refractivity contribution is 9.10. The highest BCUT2D eigenvalue weighted by Gasteiger charge is 2.24. The predicted molar refractivity (Wildman–Crippen MR) is 59.9 cm³/mol. The average Bonchev–Trinajstić information content (AvgIpc) is 2.01. The van der Waals surface area contributed by atoms with E-state index >= 15 is 0 Å². The minimum atomic E-state index is 0.742. The van der Waals surface area contributed by atoms with Crippen molar-refractivity contribution < 1.29 is 0 Å². The Morgan fingerprint density at radius 2 is 2.15 bits per heavy atom. The van der Waals surface area contributed by atoms with Crippen molar-refractivity contribution in [1.82, 2.24) is 0 Å². The molecule has 2 rings (SSSR count). The van der Waals surface area contributed by atoms with Gasteiger partial charge in [0.15, 0.2) is 0 Å². The van der Waals surface area contributed by atoms with E-state index in [9.17, 15) is 0 Å². The van der Waals surface area contributed by atoms with Gasteiger partial charge in [-0.2, -0.15) is 0 Å². The standard InChI is InChI=1S/C12H15Br/c1-9(10-4-2-5-10)11-6-3-7-12(13)8-11/h3,6-10H,2,4-5H2,1H3. The highest BCUT2D eigenvalue weighted by atomic mass is 79.9. The predicted octanol–water partition coefficient (Wildman–Crippen LogP) is 4.35. The zero-order valence-electron chi connectivity index (χ0n) is 7.96. The fraction of sp³-hybridized carbons (Fsp3) is 0.500. The van der Waals surface area contributed by atoms with Crippen LogP contribution in [0.4, 0.5) is 0 Å². The second kappa shape index (κ2) is 3.83. The number of halogens is 1. The summed E-state index contributed by atoms with van der Waals surface area (Å²) >= 11 is 3.52. The summed E-state index contributed by atoms with van der Waals surface area (Å²) in [5, 5.41) is 0. The molecule has 1 fully saturated rings. The van der Waals surface area contributed by atoms with Crippen LogP contribution >= 0.6 is 15.9 Å². The summed E-state index contributed by atoms with van der Waals surface area (Å²) in [6, 6.07) is 8.72. The lowest BCUT2D eigenvalue weighted by atomic mass is 9.74. The molecule has 0 radical (unpaired) electrons. The summed E-state index contributed by atoms with van der Waals surface area (Å²) < 4.78 is 1.20. The van der Waals surface area contributed by atoms with E-state index in [-0.39, 0.29) is 0 Å². The molecule has 13 heavy (non-hydrogen) atoms. The van der Waals surface area contributed by atoms with Crippen molar-refractivity contribution in [2.75, 3.05) is 0 Å². The molecule has 1 atom stereocenters. The van der Waals surface area contributed by atoms with Crippen LogP contribution in [0.5, 0.6) is 0 Å². The van der Waals surface area contributed by atoms with Gasteiger partial charge >= 0.3 is 0 Å². The molecule has 70 valence electrons. The van der Waals surface area contributed by atoms with Crippen LogP contribution in [0.1, 0.15) is 37.7 Å². The number of hydrogen-bond donors (Lipinski definition) is 0. The molecule has 0 aromatic heterocycles. The molecule has 0 saturated heterocycles. The molecule has 0 spiro atoms. The van der Waals surface area contributed by atoms with Gasteiger partial charge in [0.25, 0.3) is 0 Å². The van der Waals surface area contributed by atoms with Gasteiger partial charge in [-0.3, -0.25) is 0 Å². The van der Waals surface area contributed by atoms with E-state index in [1.807, 2.05) is 0 Å². The third kappa shape index (κ3) is 1.96. The Morgan fingerprint density at radius 1 is 1.38 bits per heavy atom. The Hall–Kier alpha value is -0.300. The summed E-state index contributed by atoms with van der Waals surface area (Å²) in [5.74, 6) is 1.68. The second-order valence-electron chi connectivity index (χ2n) is 4.03. The van der Waals surface area contributed by atoms with Crippen LogP contribution in [0.2, 0.25) is 0 Å². The van der Waals surface area contributed by atoms with Gasteiger partial charge in [0.05, 0.1) is 0 Å². The van der Waals surface area contributed by atoms with Crippen LogP contribution in [-0.2, 0) is 0 Å². The fourth-order valence-corrected chi connectivity index (χ4v) is 2.42. The van der Waals surface area contributed by atoms with Crippen molar-refractivity contribution in [3.8, 4) is 0 Å². The van der Waals surface area contributed by atoms with Gasteiger partial charge in [0.2, 0.25) is 0 Å². The van der Waals surface area contributed by atoms with E-state index < -0.39 is 0 Å². The third-order valence-corrected chi connectivity index (χ3v) is 3.72. The molecule has 1 aliphatic carbocycles. The highest BCUT2D eigenvalue weighted by Crippen LogP contribution is 2.39. The van der Waals surface area contributed by atoms with Crippen LogP contribution in [0.15, 0.2) is 28.7 Å². The van der Waals surface area contributed by atoms with Crippen molar-refractivity contribution in [2.24, 2.45) is 5.92 Å². The number of rotatable bonds is 2. The second-order valence-corrected chi connectivity index (χ2v) is 4.95. The molecule has 1 aromatic carbocycles. The van der Waals surface area contributed by atoms with Crippen LogP contribution in [0.25, 0.3) is 0 Å². The van der Waals surface area contributed by atoms with Gasteiger partial charge in [0.1, 0.15) is 0 Å². The number of hydrogen-bond acceptors (Lipinski definition) is 0. The Balaban J connectivity index is 2.14. The fourth-order valence-electron chi connectivity index (χ4n) is 2.00. The molecular formula is C12H15Br. The van der Waals surface area contributed by atoms with Crippen molar-refractivity contribution >= 4 is 15.9 Å². The molecule has 0 amide bonds. The van der Waals surface area contributed by atoms with Gasteiger partial charge in [0, 0.05) is 4.47 Å². The summed E-state index contributed by atoms with van der Waals surface area (Å²) in [6.07, 6.45) is 4.28. The van der Waals surface area contributed by atoms with E-state index in [1.165, 1.54) is 29.3 Å². The molecule has 1 aliphatic rings. The molecule has 0 nitrogen and oxygen atoms in total. The Morgan fingerprint density at radius 3 is 2.69 bits per heavy atom.